The molecule has 0 N–H and O–H groups in total. The normalized spacial score (nSPS) is 22.8. The van der Waals surface area contributed by atoms with E-state index < -0.39 is 0 Å². The third-order valence-corrected chi connectivity index (χ3v) is 4.53. The fraction of sp³-hybridized carbons (Fsp3) is 1.00. The van der Waals surface area contributed by atoms with Crippen molar-refractivity contribution in [2.24, 2.45) is 29.1 Å². The van der Waals surface area contributed by atoms with Crippen molar-refractivity contribution in [2.75, 3.05) is 0 Å². The molecule has 0 aromatic rings. The second-order valence-electron chi connectivity index (χ2n) is 5.95. The Morgan fingerprint density at radius 1 is 0.846 bits per heavy atom. The average molecular weight is 182 g/mol. The van der Waals surface area contributed by atoms with E-state index in [1.807, 2.05) is 0 Å². The summed E-state index contributed by atoms with van der Waals surface area (Å²) in [7, 11) is 0. The monoisotopic (exact) mass is 182 g/mol. The van der Waals surface area contributed by atoms with Crippen LogP contribution in [0.2, 0.25) is 0 Å². The van der Waals surface area contributed by atoms with Crippen molar-refractivity contribution in [3.8, 4) is 0 Å². The second kappa shape index (κ2) is 3.63. The van der Waals surface area contributed by atoms with Gasteiger partial charge in [-0.3, -0.25) is 0 Å². The van der Waals surface area contributed by atoms with Crippen molar-refractivity contribution in [1.29, 1.82) is 0 Å². The van der Waals surface area contributed by atoms with Gasteiger partial charge in [0.25, 0.3) is 0 Å². The fourth-order valence-corrected chi connectivity index (χ4v) is 3.00. The van der Waals surface area contributed by atoms with Gasteiger partial charge in [-0.05, 0) is 41.9 Å². The van der Waals surface area contributed by atoms with E-state index in [2.05, 4.69) is 41.5 Å². The molecule has 0 radical (unpaired) electrons. The molecule has 0 spiro atoms. The first-order valence-electron chi connectivity index (χ1n) is 5.90. The molecule has 0 saturated heterocycles. The maximum atomic E-state index is 2.40. The number of hydrogen-bond donors (Lipinski definition) is 0. The van der Waals surface area contributed by atoms with Crippen LogP contribution in [0.5, 0.6) is 0 Å². The quantitative estimate of drug-likeness (QED) is 0.608. The SMILES string of the molecule is CC(C)C1CC(C(C)C)(C(C)C)C1. The third-order valence-electron chi connectivity index (χ3n) is 4.53. The van der Waals surface area contributed by atoms with Crippen LogP contribution in [0.25, 0.3) is 0 Å². The predicted octanol–water partition coefficient (Wildman–Crippen LogP) is 4.35. The van der Waals surface area contributed by atoms with Gasteiger partial charge in [0.05, 0.1) is 0 Å². The van der Waals surface area contributed by atoms with Crippen LogP contribution >= 0.6 is 0 Å². The minimum atomic E-state index is 0.676. The van der Waals surface area contributed by atoms with Crippen molar-refractivity contribution < 1.29 is 0 Å². The van der Waals surface area contributed by atoms with E-state index in [4.69, 9.17) is 0 Å². The highest BCUT2D eigenvalue weighted by molar-refractivity contribution is 4.98. The van der Waals surface area contributed by atoms with Gasteiger partial charge in [0.1, 0.15) is 0 Å². The summed E-state index contributed by atoms with van der Waals surface area (Å²) in [4.78, 5) is 0. The van der Waals surface area contributed by atoms with E-state index in [0.29, 0.717) is 5.41 Å². The van der Waals surface area contributed by atoms with Gasteiger partial charge in [-0.25, -0.2) is 0 Å². The Bertz CT molecular complexity index is 149. The van der Waals surface area contributed by atoms with Crippen LogP contribution in [-0.4, -0.2) is 0 Å². The van der Waals surface area contributed by atoms with Gasteiger partial charge in [0.2, 0.25) is 0 Å². The highest BCUT2D eigenvalue weighted by atomic mass is 14.5. The van der Waals surface area contributed by atoms with Crippen molar-refractivity contribution in [1.82, 2.24) is 0 Å². The number of rotatable bonds is 3. The van der Waals surface area contributed by atoms with Crippen molar-refractivity contribution >= 4 is 0 Å². The lowest BCUT2D eigenvalue weighted by Crippen LogP contribution is -2.47. The molecule has 0 aliphatic heterocycles. The van der Waals surface area contributed by atoms with Crippen LogP contribution in [0.4, 0.5) is 0 Å². The third kappa shape index (κ3) is 1.78. The lowest BCUT2D eigenvalue weighted by molar-refractivity contribution is -0.0569. The Balaban J connectivity index is 2.58. The summed E-state index contributed by atoms with van der Waals surface area (Å²) in [5.41, 5.74) is 0.676. The van der Waals surface area contributed by atoms with Gasteiger partial charge in [-0.2, -0.15) is 0 Å². The zero-order valence-electron chi connectivity index (χ0n) is 10.2. The standard InChI is InChI=1S/C13H26/c1-9(2)12-7-13(8-12,10(3)4)11(5)6/h9-12H,7-8H2,1-6H3. The van der Waals surface area contributed by atoms with Gasteiger partial charge in [0.15, 0.2) is 0 Å². The molecule has 1 rings (SSSR count). The smallest absolute Gasteiger partial charge is 0.0246 e. The molecule has 0 heteroatoms. The van der Waals surface area contributed by atoms with Crippen molar-refractivity contribution in [3.05, 3.63) is 0 Å². The molecule has 1 saturated carbocycles. The van der Waals surface area contributed by atoms with Crippen LogP contribution in [0, 0.1) is 29.1 Å². The highest BCUT2D eigenvalue weighted by Gasteiger charge is 2.48. The van der Waals surface area contributed by atoms with Crippen LogP contribution < -0.4 is 0 Å². The summed E-state index contributed by atoms with van der Waals surface area (Å²) in [6, 6.07) is 0. The average Bonchev–Trinajstić information content (AvgIpc) is 1.80. The van der Waals surface area contributed by atoms with E-state index in [1.54, 1.807) is 0 Å². The predicted molar refractivity (Wildman–Crippen MR) is 59.7 cm³/mol. The van der Waals surface area contributed by atoms with Crippen molar-refractivity contribution in [2.45, 2.75) is 54.4 Å². The van der Waals surface area contributed by atoms with Gasteiger partial charge >= 0.3 is 0 Å². The van der Waals surface area contributed by atoms with Crippen LogP contribution in [0.1, 0.15) is 54.4 Å². The second-order valence-corrected chi connectivity index (χ2v) is 5.95. The van der Waals surface area contributed by atoms with Gasteiger partial charge < -0.3 is 0 Å². The lowest BCUT2D eigenvalue weighted by Gasteiger charge is -2.55. The molecule has 78 valence electrons. The van der Waals surface area contributed by atoms with Gasteiger partial charge in [0, 0.05) is 0 Å². The molecule has 1 fully saturated rings. The first kappa shape index (κ1) is 11.1. The molecule has 1 aliphatic rings. The Hall–Kier alpha value is 0. The summed E-state index contributed by atoms with van der Waals surface area (Å²) >= 11 is 0. The molecular weight excluding hydrogens is 156 g/mol. The molecule has 0 atom stereocenters. The molecule has 0 aromatic heterocycles. The topological polar surface area (TPSA) is 0 Å². The zero-order chi connectivity index (χ0) is 10.2. The largest absolute Gasteiger partial charge is 0.0625 e. The Morgan fingerprint density at radius 3 is 1.46 bits per heavy atom. The van der Waals surface area contributed by atoms with Crippen LogP contribution in [0.15, 0.2) is 0 Å². The van der Waals surface area contributed by atoms with Gasteiger partial charge in [-0.1, -0.05) is 41.5 Å². The minimum absolute atomic E-state index is 0.676. The molecule has 0 bridgehead atoms. The highest BCUT2D eigenvalue weighted by Crippen LogP contribution is 2.57. The van der Waals surface area contributed by atoms with Crippen molar-refractivity contribution in [3.63, 3.8) is 0 Å². The Labute approximate surface area is 84.1 Å². The molecule has 0 nitrogen and oxygen atoms in total. The van der Waals surface area contributed by atoms with E-state index in [9.17, 15) is 0 Å². The van der Waals surface area contributed by atoms with E-state index >= 15 is 0 Å². The summed E-state index contributed by atoms with van der Waals surface area (Å²) in [5.74, 6) is 3.63. The fourth-order valence-electron chi connectivity index (χ4n) is 3.00. The summed E-state index contributed by atoms with van der Waals surface area (Å²) in [5, 5.41) is 0. The van der Waals surface area contributed by atoms with E-state index in [1.165, 1.54) is 12.8 Å². The molecule has 0 unspecified atom stereocenters. The molecular formula is C13H26. The maximum absolute atomic E-state index is 2.40. The summed E-state index contributed by atoms with van der Waals surface area (Å²) < 4.78 is 0. The van der Waals surface area contributed by atoms with E-state index in [0.717, 1.165) is 23.7 Å². The maximum Gasteiger partial charge on any atom is -0.0246 e. The lowest BCUT2D eigenvalue weighted by atomic mass is 9.50. The molecule has 1 aliphatic carbocycles. The molecule has 0 heterocycles. The van der Waals surface area contributed by atoms with Crippen LogP contribution in [0.3, 0.4) is 0 Å². The Morgan fingerprint density at radius 2 is 1.23 bits per heavy atom. The minimum Gasteiger partial charge on any atom is -0.0625 e. The number of hydrogen-bond acceptors (Lipinski definition) is 0. The molecule has 0 aromatic carbocycles. The molecule has 0 amide bonds. The van der Waals surface area contributed by atoms with E-state index in [-0.39, 0.29) is 0 Å². The van der Waals surface area contributed by atoms with Gasteiger partial charge in [-0.15, -0.1) is 0 Å². The Kier molecular flexibility index (Phi) is 3.09. The molecule has 13 heavy (non-hydrogen) atoms. The summed E-state index contributed by atoms with van der Waals surface area (Å²) in [6.07, 6.45) is 2.94. The van der Waals surface area contributed by atoms with Crippen LogP contribution in [-0.2, 0) is 0 Å². The zero-order valence-corrected chi connectivity index (χ0v) is 10.2. The first-order valence-corrected chi connectivity index (χ1v) is 5.90. The first-order chi connectivity index (χ1) is 5.90. The summed E-state index contributed by atoms with van der Waals surface area (Å²) in [6.45, 7) is 14.3.